The van der Waals surface area contributed by atoms with E-state index in [-0.39, 0.29) is 0 Å². The molecule has 0 radical (unpaired) electrons. The van der Waals surface area contributed by atoms with Gasteiger partial charge in [-0.1, -0.05) is 25.3 Å². The summed E-state index contributed by atoms with van der Waals surface area (Å²) in [7, 11) is 0. The first-order valence-corrected chi connectivity index (χ1v) is 4.99. The highest BCUT2D eigenvalue weighted by Gasteiger charge is 2.15. The van der Waals surface area contributed by atoms with Crippen LogP contribution in [0, 0.1) is 5.92 Å². The van der Waals surface area contributed by atoms with E-state index in [4.69, 9.17) is 5.11 Å². The van der Waals surface area contributed by atoms with Crippen LogP contribution in [0.5, 0.6) is 0 Å². The van der Waals surface area contributed by atoms with E-state index in [1.54, 1.807) is 6.08 Å². The molecule has 1 saturated carbocycles. The summed E-state index contributed by atoms with van der Waals surface area (Å²) >= 11 is 0. The second-order valence-electron chi connectivity index (χ2n) is 3.51. The number of hydrogen-bond acceptors (Lipinski definition) is 1. The Labute approximate surface area is 80.7 Å². The molecule has 13 heavy (non-hydrogen) atoms. The lowest BCUT2D eigenvalue weighted by molar-refractivity contribution is -0.138. The van der Waals surface area contributed by atoms with E-state index in [0.29, 0.717) is 12.3 Å². The first kappa shape index (κ1) is 12.2. The van der Waals surface area contributed by atoms with Crippen molar-refractivity contribution in [3.8, 4) is 0 Å². The van der Waals surface area contributed by atoms with Crippen LogP contribution in [0.15, 0.2) is 12.7 Å². The molecule has 0 aromatic heterocycles. The molecule has 0 atom stereocenters. The molecule has 1 N–H and O–H groups in total. The Morgan fingerprint density at radius 2 is 1.92 bits per heavy atom. The number of carboxylic acid groups (broad SMARTS) is 1. The monoisotopic (exact) mass is 184 g/mol. The van der Waals surface area contributed by atoms with Crippen molar-refractivity contribution in [3.05, 3.63) is 12.7 Å². The lowest BCUT2D eigenvalue weighted by Crippen LogP contribution is -2.10. The van der Waals surface area contributed by atoms with Crippen LogP contribution in [-0.4, -0.2) is 11.1 Å². The van der Waals surface area contributed by atoms with E-state index in [0.717, 1.165) is 12.8 Å². The maximum Gasteiger partial charge on any atom is 0.303 e. The first-order valence-electron chi connectivity index (χ1n) is 4.99. The van der Waals surface area contributed by atoms with Crippen LogP contribution in [0.25, 0.3) is 0 Å². The SMILES string of the molecule is C=CC.O=C(O)CC1CCCCC1. The van der Waals surface area contributed by atoms with E-state index < -0.39 is 5.97 Å². The van der Waals surface area contributed by atoms with Gasteiger partial charge < -0.3 is 5.11 Å². The molecular formula is C11H20O2. The predicted octanol–water partition coefficient (Wildman–Crippen LogP) is 3.23. The topological polar surface area (TPSA) is 37.3 Å². The van der Waals surface area contributed by atoms with Crippen molar-refractivity contribution in [2.45, 2.75) is 45.4 Å². The molecule has 0 aliphatic heterocycles. The van der Waals surface area contributed by atoms with Gasteiger partial charge in [0.25, 0.3) is 0 Å². The van der Waals surface area contributed by atoms with Crippen molar-refractivity contribution < 1.29 is 9.90 Å². The molecule has 0 unspecified atom stereocenters. The molecule has 0 bridgehead atoms. The Morgan fingerprint density at radius 3 is 2.31 bits per heavy atom. The third-order valence-electron chi connectivity index (χ3n) is 2.19. The van der Waals surface area contributed by atoms with Crippen LogP contribution in [0.2, 0.25) is 0 Å². The van der Waals surface area contributed by atoms with Gasteiger partial charge in [-0.05, 0) is 25.7 Å². The molecule has 1 aliphatic rings. The Hall–Kier alpha value is -0.790. The third-order valence-corrected chi connectivity index (χ3v) is 2.19. The van der Waals surface area contributed by atoms with Crippen LogP contribution in [-0.2, 0) is 4.79 Å². The van der Waals surface area contributed by atoms with Crippen LogP contribution < -0.4 is 0 Å². The van der Waals surface area contributed by atoms with Gasteiger partial charge in [-0.2, -0.15) is 0 Å². The van der Waals surface area contributed by atoms with Gasteiger partial charge in [-0.25, -0.2) is 0 Å². The maximum absolute atomic E-state index is 10.3. The van der Waals surface area contributed by atoms with Gasteiger partial charge in [-0.15, -0.1) is 6.58 Å². The minimum atomic E-state index is -0.632. The molecular weight excluding hydrogens is 164 g/mol. The minimum absolute atomic E-state index is 0.389. The zero-order valence-electron chi connectivity index (χ0n) is 8.46. The summed E-state index contributed by atoms with van der Waals surface area (Å²) < 4.78 is 0. The number of carbonyl (C=O) groups is 1. The minimum Gasteiger partial charge on any atom is -0.481 e. The molecule has 0 amide bonds. The van der Waals surface area contributed by atoms with Gasteiger partial charge in [0.1, 0.15) is 0 Å². The lowest BCUT2D eigenvalue weighted by atomic mass is 9.87. The van der Waals surface area contributed by atoms with E-state index >= 15 is 0 Å². The summed E-state index contributed by atoms with van der Waals surface area (Å²) in [6, 6.07) is 0. The number of hydrogen-bond donors (Lipinski definition) is 1. The molecule has 1 fully saturated rings. The average Bonchev–Trinajstić information content (AvgIpc) is 2.06. The molecule has 0 aromatic rings. The zero-order chi connectivity index (χ0) is 10.1. The van der Waals surface area contributed by atoms with Gasteiger partial charge in [0, 0.05) is 6.42 Å². The number of allylic oxidation sites excluding steroid dienone is 1. The zero-order valence-corrected chi connectivity index (χ0v) is 8.46. The van der Waals surface area contributed by atoms with Gasteiger partial charge in [0.15, 0.2) is 0 Å². The second kappa shape index (κ2) is 7.84. The summed E-state index contributed by atoms with van der Waals surface area (Å²) in [5.41, 5.74) is 0. The maximum atomic E-state index is 10.3. The van der Waals surface area contributed by atoms with Crippen LogP contribution >= 0.6 is 0 Å². The van der Waals surface area contributed by atoms with Gasteiger partial charge in [0.2, 0.25) is 0 Å². The van der Waals surface area contributed by atoms with E-state index in [2.05, 4.69) is 6.58 Å². The fourth-order valence-corrected chi connectivity index (χ4v) is 1.64. The van der Waals surface area contributed by atoms with Crippen molar-refractivity contribution in [2.24, 2.45) is 5.92 Å². The van der Waals surface area contributed by atoms with E-state index in [1.165, 1.54) is 19.3 Å². The summed E-state index contributed by atoms with van der Waals surface area (Å²) in [6.45, 7) is 5.25. The summed E-state index contributed by atoms with van der Waals surface area (Å²) in [5, 5.41) is 8.47. The standard InChI is InChI=1S/C8H14O2.C3H6/c9-8(10)6-7-4-2-1-3-5-7;1-3-2/h7H,1-6H2,(H,9,10);3H,1H2,2H3. The normalized spacial score (nSPS) is 17.0. The van der Waals surface area contributed by atoms with E-state index in [1.807, 2.05) is 6.92 Å². The van der Waals surface area contributed by atoms with Gasteiger partial charge in [-0.3, -0.25) is 4.79 Å². The third kappa shape index (κ3) is 7.57. The molecule has 0 saturated heterocycles. The Balaban J connectivity index is 0.000000424. The molecule has 0 spiro atoms. The number of carboxylic acids is 1. The van der Waals surface area contributed by atoms with Crippen LogP contribution in [0.3, 0.4) is 0 Å². The average molecular weight is 184 g/mol. The van der Waals surface area contributed by atoms with Crippen molar-refractivity contribution in [1.82, 2.24) is 0 Å². The highest BCUT2D eigenvalue weighted by molar-refractivity contribution is 5.66. The molecule has 2 nitrogen and oxygen atoms in total. The molecule has 76 valence electrons. The summed E-state index contributed by atoms with van der Waals surface area (Å²) in [4.78, 5) is 10.3. The Morgan fingerprint density at radius 1 is 1.46 bits per heavy atom. The summed E-state index contributed by atoms with van der Waals surface area (Å²) in [6.07, 6.45) is 8.17. The highest BCUT2D eigenvalue weighted by atomic mass is 16.4. The Bertz CT molecular complexity index is 146. The highest BCUT2D eigenvalue weighted by Crippen LogP contribution is 2.25. The Kier molecular flexibility index (Phi) is 7.36. The molecule has 0 aromatic carbocycles. The van der Waals surface area contributed by atoms with Crippen molar-refractivity contribution in [1.29, 1.82) is 0 Å². The van der Waals surface area contributed by atoms with Crippen LogP contribution in [0.4, 0.5) is 0 Å². The number of rotatable bonds is 2. The summed E-state index contributed by atoms with van der Waals surface area (Å²) in [5.74, 6) is -0.154. The van der Waals surface area contributed by atoms with Gasteiger partial charge >= 0.3 is 5.97 Å². The predicted molar refractivity (Wildman–Crippen MR) is 54.7 cm³/mol. The van der Waals surface area contributed by atoms with Crippen molar-refractivity contribution in [2.75, 3.05) is 0 Å². The fraction of sp³-hybridized carbons (Fsp3) is 0.727. The van der Waals surface area contributed by atoms with Crippen molar-refractivity contribution >= 4 is 5.97 Å². The smallest absolute Gasteiger partial charge is 0.303 e. The molecule has 0 heterocycles. The molecule has 1 rings (SSSR count). The largest absolute Gasteiger partial charge is 0.481 e. The molecule has 1 aliphatic carbocycles. The lowest BCUT2D eigenvalue weighted by Gasteiger charge is -2.18. The quantitative estimate of drug-likeness (QED) is 0.669. The number of aliphatic carboxylic acids is 1. The van der Waals surface area contributed by atoms with Crippen LogP contribution in [0.1, 0.15) is 45.4 Å². The van der Waals surface area contributed by atoms with Crippen molar-refractivity contribution in [3.63, 3.8) is 0 Å². The second-order valence-corrected chi connectivity index (χ2v) is 3.51. The first-order chi connectivity index (χ1) is 6.20. The molecule has 2 heteroatoms. The van der Waals surface area contributed by atoms with Gasteiger partial charge in [0.05, 0.1) is 0 Å². The fourth-order valence-electron chi connectivity index (χ4n) is 1.64. The van der Waals surface area contributed by atoms with E-state index in [9.17, 15) is 4.79 Å².